The summed E-state index contributed by atoms with van der Waals surface area (Å²) in [5, 5.41) is 17.4. The van der Waals surface area contributed by atoms with Gasteiger partial charge in [-0.2, -0.15) is 15.1 Å². The van der Waals surface area contributed by atoms with Gasteiger partial charge in [-0.25, -0.2) is 9.67 Å². The number of fused-ring (bicyclic) bond motifs is 1. The number of rotatable bonds is 9. The number of nitrogens with two attached hydrogens (primary N) is 1. The van der Waals surface area contributed by atoms with Crippen molar-refractivity contribution >= 4 is 28.8 Å². The molecule has 0 aliphatic carbocycles. The quantitative estimate of drug-likeness (QED) is 0.261. The van der Waals surface area contributed by atoms with Crippen LogP contribution in [-0.2, 0) is 6.54 Å². The largest absolute Gasteiger partial charge is 0.395 e. The first-order chi connectivity index (χ1) is 21.4. The van der Waals surface area contributed by atoms with Crippen molar-refractivity contribution in [2.24, 2.45) is 5.73 Å². The van der Waals surface area contributed by atoms with Gasteiger partial charge in [0.25, 0.3) is 5.91 Å². The minimum Gasteiger partial charge on any atom is -0.395 e. The summed E-state index contributed by atoms with van der Waals surface area (Å²) in [7, 11) is 0. The first kappa shape index (κ1) is 30.0. The second kappa shape index (κ2) is 13.3. The molecule has 44 heavy (non-hydrogen) atoms. The molecule has 3 aromatic heterocycles. The fourth-order valence-electron chi connectivity index (χ4n) is 5.98. The fraction of sp³-hybridized carbons (Fsp3) is 0.516. The summed E-state index contributed by atoms with van der Waals surface area (Å²) >= 11 is 0. The maximum Gasteiger partial charge on any atom is 0.274 e. The van der Waals surface area contributed by atoms with Crippen LogP contribution in [0.3, 0.4) is 0 Å². The monoisotopic (exact) mass is 601 g/mol. The Morgan fingerprint density at radius 1 is 1.07 bits per heavy atom. The summed E-state index contributed by atoms with van der Waals surface area (Å²) in [5.74, 6) is 1.30. The lowest BCUT2D eigenvalue weighted by Crippen LogP contribution is -2.49. The van der Waals surface area contributed by atoms with Gasteiger partial charge in [0.1, 0.15) is 0 Å². The van der Waals surface area contributed by atoms with E-state index < -0.39 is 0 Å². The molecule has 2 saturated heterocycles. The van der Waals surface area contributed by atoms with Crippen LogP contribution in [0.2, 0.25) is 0 Å². The minimum atomic E-state index is -0.0749. The molecule has 13 nitrogen and oxygen atoms in total. The maximum atomic E-state index is 13.2. The number of hydrogen-bond acceptors (Lipinski definition) is 10. The van der Waals surface area contributed by atoms with E-state index in [9.17, 15) is 9.90 Å². The molecule has 1 aromatic carbocycles. The summed E-state index contributed by atoms with van der Waals surface area (Å²) in [5.41, 5.74) is 10.1. The summed E-state index contributed by atoms with van der Waals surface area (Å²) < 4.78 is 3.85. The number of hydrogen-bond donors (Lipinski definition) is 3. The molecular weight excluding hydrogens is 558 g/mol. The molecule has 1 amide bonds. The molecule has 2 aliphatic rings. The Hall–Kier alpha value is -4.07. The first-order valence-electron chi connectivity index (χ1n) is 15.7. The Morgan fingerprint density at radius 2 is 1.89 bits per heavy atom. The van der Waals surface area contributed by atoms with Crippen LogP contribution in [-0.4, -0.2) is 109 Å². The van der Waals surface area contributed by atoms with Gasteiger partial charge >= 0.3 is 0 Å². The summed E-state index contributed by atoms with van der Waals surface area (Å²) in [6.45, 7) is 9.93. The number of carbonyl (C=O) groups is 1. The van der Waals surface area contributed by atoms with Crippen LogP contribution in [0.4, 0.5) is 11.8 Å². The van der Waals surface area contributed by atoms with Crippen molar-refractivity contribution in [1.29, 1.82) is 0 Å². The fourth-order valence-corrected chi connectivity index (χ4v) is 5.98. The number of imidazole rings is 1. The molecular formula is C31H43N11O2. The third-order valence-corrected chi connectivity index (χ3v) is 8.59. The van der Waals surface area contributed by atoms with Crippen LogP contribution >= 0.6 is 0 Å². The molecule has 5 heterocycles. The number of aromatic nitrogens is 6. The van der Waals surface area contributed by atoms with E-state index in [0.29, 0.717) is 43.6 Å². The molecule has 2 fully saturated rings. The molecule has 0 saturated carbocycles. The average Bonchev–Trinajstić information content (AvgIpc) is 3.64. The van der Waals surface area contributed by atoms with Gasteiger partial charge in [-0.3, -0.25) is 9.69 Å². The standard InChI is InChI=1S/C31H43N11O2/c1-22(2)41-21-34-27-28(35-31(36-29(27)41)40-11-5-7-24(32)9-12-40)33-20-23-6-3-4-8-26(23)42-13-10-25(37-42)30(44)39-16-14-38(15-17-39)18-19-43/h3-4,6,8,10,13,21-22,24,43H,5,7,9,11-12,14-20,32H2,1-2H3,(H,33,35,36). The van der Waals surface area contributed by atoms with Crippen LogP contribution < -0.4 is 16.0 Å². The van der Waals surface area contributed by atoms with Crippen molar-refractivity contribution in [1.82, 2.24) is 39.1 Å². The van der Waals surface area contributed by atoms with Crippen LogP contribution in [0.1, 0.15) is 55.2 Å². The zero-order valence-electron chi connectivity index (χ0n) is 25.6. The van der Waals surface area contributed by atoms with Crippen molar-refractivity contribution < 1.29 is 9.90 Å². The van der Waals surface area contributed by atoms with E-state index in [2.05, 4.69) is 38.6 Å². The van der Waals surface area contributed by atoms with Crippen LogP contribution in [0, 0.1) is 0 Å². The lowest BCUT2D eigenvalue weighted by atomic mass is 10.1. The molecule has 4 aromatic rings. The lowest BCUT2D eigenvalue weighted by molar-refractivity contribution is 0.0609. The number of benzene rings is 1. The average molecular weight is 602 g/mol. The molecule has 6 rings (SSSR count). The Balaban J connectivity index is 1.22. The highest BCUT2D eigenvalue weighted by Crippen LogP contribution is 2.27. The van der Waals surface area contributed by atoms with Gasteiger partial charge in [0.2, 0.25) is 5.95 Å². The van der Waals surface area contributed by atoms with Gasteiger partial charge in [-0.05, 0) is 50.8 Å². The van der Waals surface area contributed by atoms with Gasteiger partial charge < -0.3 is 30.5 Å². The molecule has 0 radical (unpaired) electrons. The topological polar surface area (TPSA) is 146 Å². The molecule has 0 bridgehead atoms. The number of aliphatic hydroxyl groups is 1. The van der Waals surface area contributed by atoms with E-state index in [4.69, 9.17) is 20.7 Å². The van der Waals surface area contributed by atoms with Crippen molar-refractivity contribution in [3.8, 4) is 5.69 Å². The van der Waals surface area contributed by atoms with Gasteiger partial charge in [-0.15, -0.1) is 0 Å². The number of nitrogens with one attached hydrogen (secondary N) is 1. The summed E-state index contributed by atoms with van der Waals surface area (Å²) in [4.78, 5) is 34.1. The number of carbonyl (C=O) groups excluding carboxylic acids is 1. The minimum absolute atomic E-state index is 0.0749. The number of nitrogens with zero attached hydrogens (tertiary/aromatic N) is 9. The molecule has 2 aliphatic heterocycles. The van der Waals surface area contributed by atoms with Gasteiger partial charge in [0.15, 0.2) is 22.7 Å². The predicted molar refractivity (Wildman–Crippen MR) is 170 cm³/mol. The van der Waals surface area contributed by atoms with E-state index in [1.165, 1.54) is 0 Å². The highest BCUT2D eigenvalue weighted by Gasteiger charge is 2.24. The Bertz CT molecular complexity index is 1570. The second-order valence-corrected chi connectivity index (χ2v) is 12.0. The van der Waals surface area contributed by atoms with E-state index in [1.807, 2.05) is 41.7 Å². The van der Waals surface area contributed by atoms with Crippen LogP contribution in [0.25, 0.3) is 16.9 Å². The Morgan fingerprint density at radius 3 is 2.68 bits per heavy atom. The number of amides is 1. The van der Waals surface area contributed by atoms with Crippen molar-refractivity contribution in [3.05, 3.63) is 54.1 Å². The summed E-state index contributed by atoms with van der Waals surface area (Å²) in [6, 6.07) is 10.2. The van der Waals surface area contributed by atoms with Gasteiger partial charge in [0, 0.05) is 70.6 Å². The molecule has 234 valence electrons. The Labute approximate surface area is 257 Å². The van der Waals surface area contributed by atoms with Crippen molar-refractivity contribution in [2.75, 3.05) is 62.6 Å². The molecule has 4 N–H and O–H groups in total. The summed E-state index contributed by atoms with van der Waals surface area (Å²) in [6.07, 6.45) is 6.60. The van der Waals surface area contributed by atoms with Gasteiger partial charge in [-0.1, -0.05) is 18.2 Å². The number of aliphatic hydroxyl groups excluding tert-OH is 1. The molecule has 0 spiro atoms. The highest BCUT2D eigenvalue weighted by atomic mass is 16.3. The van der Waals surface area contributed by atoms with Crippen molar-refractivity contribution in [2.45, 2.75) is 51.7 Å². The number of para-hydroxylation sites is 1. The third kappa shape index (κ3) is 6.40. The zero-order chi connectivity index (χ0) is 30.6. The predicted octanol–water partition coefficient (Wildman–Crippen LogP) is 2.27. The van der Waals surface area contributed by atoms with Gasteiger partial charge in [0.05, 0.1) is 18.6 Å². The second-order valence-electron chi connectivity index (χ2n) is 12.0. The normalized spacial score (nSPS) is 18.2. The van der Waals surface area contributed by atoms with Crippen LogP contribution in [0.15, 0.2) is 42.9 Å². The smallest absolute Gasteiger partial charge is 0.274 e. The molecule has 1 unspecified atom stereocenters. The lowest BCUT2D eigenvalue weighted by Gasteiger charge is -2.33. The highest BCUT2D eigenvalue weighted by molar-refractivity contribution is 5.92. The zero-order valence-corrected chi connectivity index (χ0v) is 25.6. The molecule has 13 heteroatoms. The SMILES string of the molecule is CC(C)n1cnc2c(NCc3ccccc3-n3ccc(C(=O)N4CCN(CCO)CC4)n3)nc(N3CCCC(N)CC3)nc21. The number of β-amino-alcohol motifs (C(OH)–C–C–N with tert-alkyl or cyclic N) is 1. The van der Waals surface area contributed by atoms with Crippen molar-refractivity contribution in [3.63, 3.8) is 0 Å². The third-order valence-electron chi connectivity index (χ3n) is 8.59. The number of anilines is 2. The van der Waals surface area contributed by atoms with E-state index in [-0.39, 0.29) is 24.6 Å². The first-order valence-corrected chi connectivity index (χ1v) is 15.7. The number of piperazine rings is 1. The molecule has 1 atom stereocenters. The Kier molecular flexibility index (Phi) is 9.05. The van der Waals surface area contributed by atoms with E-state index in [1.54, 1.807) is 10.7 Å². The van der Waals surface area contributed by atoms with E-state index >= 15 is 0 Å². The maximum absolute atomic E-state index is 13.2. The van der Waals surface area contributed by atoms with E-state index in [0.717, 1.165) is 67.9 Å². The van der Waals surface area contributed by atoms with Crippen LogP contribution in [0.5, 0.6) is 0 Å².